The molecule has 1 aliphatic rings. The van der Waals surface area contributed by atoms with Gasteiger partial charge in [-0.15, -0.1) is 0 Å². The third kappa shape index (κ3) is 6.69. The van der Waals surface area contributed by atoms with E-state index in [0.717, 1.165) is 66.4 Å². The van der Waals surface area contributed by atoms with Gasteiger partial charge in [-0.25, -0.2) is 15.8 Å². The summed E-state index contributed by atoms with van der Waals surface area (Å²) in [6.45, 7) is 2.89. The number of carbonyl (C=O) groups is 1. The highest BCUT2D eigenvalue weighted by molar-refractivity contribution is 6.30. The lowest BCUT2D eigenvalue weighted by molar-refractivity contribution is -0.117. The zero-order valence-electron chi connectivity index (χ0n) is 21.1. The predicted molar refractivity (Wildman–Crippen MR) is 152 cm³/mol. The van der Waals surface area contributed by atoms with Gasteiger partial charge >= 0.3 is 0 Å². The first-order valence-corrected chi connectivity index (χ1v) is 12.8. The number of hydrazine groups is 1. The molecule has 3 aromatic rings. The number of fused-ring (bicyclic) bond motifs is 4. The van der Waals surface area contributed by atoms with E-state index in [1.807, 2.05) is 20.0 Å². The number of nitrogens with one attached hydrogen (secondary N) is 5. The molecule has 1 aromatic heterocycles. The van der Waals surface area contributed by atoms with Crippen molar-refractivity contribution < 1.29 is 4.79 Å². The van der Waals surface area contributed by atoms with Crippen molar-refractivity contribution in [3.63, 3.8) is 0 Å². The summed E-state index contributed by atoms with van der Waals surface area (Å²) in [6, 6.07) is 11.2. The highest BCUT2D eigenvalue weighted by Gasteiger charge is 2.21. The zero-order chi connectivity index (χ0) is 26.2. The first kappa shape index (κ1) is 26.2. The molecule has 1 atom stereocenters. The maximum Gasteiger partial charge on any atom is 0.244 e. The molecule has 7 N–H and O–H groups in total. The van der Waals surface area contributed by atoms with E-state index in [0.29, 0.717) is 16.3 Å². The van der Waals surface area contributed by atoms with Gasteiger partial charge in [0.25, 0.3) is 0 Å². The highest BCUT2D eigenvalue weighted by atomic mass is 35.5. The molecular formula is C27H33ClN8O. The van der Waals surface area contributed by atoms with Crippen LogP contribution in [0.1, 0.15) is 48.8 Å². The van der Waals surface area contributed by atoms with Gasteiger partial charge in [0.2, 0.25) is 5.91 Å². The summed E-state index contributed by atoms with van der Waals surface area (Å²) in [6.07, 6.45) is 8.39. The molecule has 0 fully saturated rings. The normalized spacial score (nSPS) is 15.9. The lowest BCUT2D eigenvalue weighted by atomic mass is 10.1. The number of rotatable bonds is 6. The summed E-state index contributed by atoms with van der Waals surface area (Å²) in [5, 5.41) is 10.5. The van der Waals surface area contributed by atoms with Crippen LogP contribution in [-0.2, 0) is 4.79 Å². The number of carbonyl (C=O) groups excluding carboxylic acids is 1. The minimum atomic E-state index is -0.240. The summed E-state index contributed by atoms with van der Waals surface area (Å²) in [5.74, 6) is 5.82. The second kappa shape index (κ2) is 12.4. The number of amides is 1. The van der Waals surface area contributed by atoms with Gasteiger partial charge in [0.15, 0.2) is 0 Å². The Balaban J connectivity index is 1.59. The number of nitrogens with two attached hydrogens (primary N) is 1. The van der Waals surface area contributed by atoms with Crippen molar-refractivity contribution in [2.75, 3.05) is 24.2 Å². The molecule has 10 heteroatoms. The zero-order valence-corrected chi connectivity index (χ0v) is 21.8. The van der Waals surface area contributed by atoms with E-state index >= 15 is 0 Å². The van der Waals surface area contributed by atoms with Crippen molar-refractivity contribution in [3.05, 3.63) is 64.6 Å². The molecule has 0 aliphatic carbocycles. The van der Waals surface area contributed by atoms with Gasteiger partial charge in [-0.1, -0.05) is 24.4 Å². The van der Waals surface area contributed by atoms with Crippen LogP contribution in [0.25, 0.3) is 17.3 Å². The van der Waals surface area contributed by atoms with Crippen LogP contribution >= 0.6 is 11.6 Å². The van der Waals surface area contributed by atoms with Gasteiger partial charge < -0.3 is 26.4 Å². The average molecular weight is 521 g/mol. The molecule has 0 saturated carbocycles. The Morgan fingerprint density at radius 2 is 2.08 bits per heavy atom. The van der Waals surface area contributed by atoms with Gasteiger partial charge in [-0.3, -0.25) is 4.79 Å². The number of aliphatic imine (C=N–C) groups is 1. The number of aromatic amines is 1. The summed E-state index contributed by atoms with van der Waals surface area (Å²) >= 11 is 6.15. The van der Waals surface area contributed by atoms with Gasteiger partial charge in [0, 0.05) is 52.9 Å². The molecule has 2 bridgehead atoms. The number of imidazole rings is 1. The van der Waals surface area contributed by atoms with Crippen LogP contribution < -0.4 is 27.2 Å². The van der Waals surface area contributed by atoms with Crippen LogP contribution in [0.4, 0.5) is 17.1 Å². The fraction of sp³-hybridized carbons (Fsp3) is 0.296. The van der Waals surface area contributed by atoms with Crippen LogP contribution in [0.15, 0.2) is 47.5 Å². The van der Waals surface area contributed by atoms with Crippen molar-refractivity contribution in [2.24, 2.45) is 10.8 Å². The fourth-order valence-electron chi connectivity index (χ4n) is 4.38. The Kier molecular flexibility index (Phi) is 8.81. The van der Waals surface area contributed by atoms with Crippen molar-refractivity contribution in [1.29, 1.82) is 0 Å². The maximum atomic E-state index is 13.0. The first-order valence-electron chi connectivity index (χ1n) is 12.4. The van der Waals surface area contributed by atoms with E-state index in [-0.39, 0.29) is 11.9 Å². The lowest BCUT2D eigenvalue weighted by Crippen LogP contribution is -2.28. The van der Waals surface area contributed by atoms with Crippen LogP contribution in [0, 0.1) is 6.92 Å². The second-order valence-electron chi connectivity index (χ2n) is 8.90. The minimum absolute atomic E-state index is 0.222. The molecular weight excluding hydrogens is 488 g/mol. The monoisotopic (exact) mass is 520 g/mol. The summed E-state index contributed by atoms with van der Waals surface area (Å²) < 4.78 is 0. The number of anilines is 2. The van der Waals surface area contributed by atoms with E-state index in [1.165, 1.54) is 12.4 Å². The van der Waals surface area contributed by atoms with Crippen LogP contribution in [0.3, 0.4) is 0 Å². The number of H-pyrrole nitrogens is 1. The summed E-state index contributed by atoms with van der Waals surface area (Å²) in [7, 11) is 1.91. The number of benzene rings is 2. The smallest absolute Gasteiger partial charge is 0.244 e. The molecule has 1 amide bonds. The van der Waals surface area contributed by atoms with E-state index in [4.69, 9.17) is 22.4 Å². The molecule has 9 nitrogen and oxygen atoms in total. The second-order valence-corrected chi connectivity index (χ2v) is 9.34. The summed E-state index contributed by atoms with van der Waals surface area (Å²) in [4.78, 5) is 25.6. The molecule has 4 rings (SSSR count). The standard InChI is InChI=1S/C27H33ClN8O/c1-17-26-21-10-9-20(30-2)15-24(21)31-13-5-3-4-6-23(27(34-17)36-26)35-25(37)12-7-18-14-19(28)8-11-22(18)32-16-33-29/h7-12,14-16,23,30-31H,3-6,13,29H2,1-2H3,(H,32,33)(H,34,36)(H,35,37)/b12-7+/t23-/m0/s1. The highest BCUT2D eigenvalue weighted by Crippen LogP contribution is 2.33. The summed E-state index contributed by atoms with van der Waals surface area (Å²) in [5.41, 5.74) is 8.67. The molecule has 0 unspecified atom stereocenters. The van der Waals surface area contributed by atoms with Gasteiger partial charge in [0.05, 0.1) is 17.4 Å². The number of hydrogen-bond acceptors (Lipinski definition) is 6. The third-order valence-corrected chi connectivity index (χ3v) is 6.52. The van der Waals surface area contributed by atoms with E-state index in [2.05, 4.69) is 43.5 Å². The molecule has 0 saturated heterocycles. The molecule has 2 heterocycles. The van der Waals surface area contributed by atoms with E-state index < -0.39 is 0 Å². The number of halogens is 1. The van der Waals surface area contributed by atoms with Crippen LogP contribution in [-0.4, -0.2) is 35.8 Å². The molecule has 2 aromatic carbocycles. The topological polar surface area (TPSA) is 132 Å². The third-order valence-electron chi connectivity index (χ3n) is 6.28. The van der Waals surface area contributed by atoms with E-state index in [1.54, 1.807) is 24.3 Å². The number of aryl methyl sites for hydroxylation is 1. The Labute approximate surface area is 222 Å². The van der Waals surface area contributed by atoms with Gasteiger partial charge in [-0.05, 0) is 62.2 Å². The van der Waals surface area contributed by atoms with Crippen LogP contribution in [0.2, 0.25) is 5.02 Å². The van der Waals surface area contributed by atoms with Crippen molar-refractivity contribution in [2.45, 2.75) is 38.6 Å². The number of nitrogens with zero attached hydrogens (tertiary/aromatic N) is 2. The molecule has 1 aliphatic heterocycles. The SMILES string of the molecule is CNc1ccc2c(c1)NCCCCC[C@H](NC(=O)/C=C/c1cc(Cl)ccc1N=CNN)c1nc-2c(C)[nH]1. The Morgan fingerprint density at radius 1 is 1.22 bits per heavy atom. The fourth-order valence-corrected chi connectivity index (χ4v) is 4.56. The molecule has 0 radical (unpaired) electrons. The Bertz CT molecular complexity index is 1300. The molecule has 194 valence electrons. The Morgan fingerprint density at radius 3 is 2.89 bits per heavy atom. The van der Waals surface area contributed by atoms with Crippen molar-refractivity contribution in [1.82, 2.24) is 20.7 Å². The molecule has 37 heavy (non-hydrogen) atoms. The van der Waals surface area contributed by atoms with Crippen molar-refractivity contribution >= 4 is 47.0 Å². The largest absolute Gasteiger partial charge is 0.388 e. The number of aromatic nitrogens is 2. The minimum Gasteiger partial charge on any atom is -0.388 e. The van der Waals surface area contributed by atoms with Gasteiger partial charge in [0.1, 0.15) is 12.2 Å². The quantitative estimate of drug-likeness (QED) is 0.0884. The lowest BCUT2D eigenvalue weighted by Gasteiger charge is -2.17. The Hall–Kier alpha value is -3.82. The van der Waals surface area contributed by atoms with Gasteiger partial charge in [-0.2, -0.15) is 0 Å². The van der Waals surface area contributed by atoms with E-state index in [9.17, 15) is 4.79 Å². The average Bonchev–Trinajstić information content (AvgIpc) is 3.28. The van der Waals surface area contributed by atoms with Crippen molar-refractivity contribution in [3.8, 4) is 11.3 Å². The predicted octanol–water partition coefficient (Wildman–Crippen LogP) is 5.06. The van der Waals surface area contributed by atoms with Crippen LogP contribution in [0.5, 0.6) is 0 Å². The molecule has 0 spiro atoms. The number of hydrogen-bond donors (Lipinski definition) is 6. The first-order chi connectivity index (χ1) is 18.0. The maximum absolute atomic E-state index is 13.0.